The summed E-state index contributed by atoms with van der Waals surface area (Å²) in [7, 11) is 0. The molecule has 2 aromatic rings. The van der Waals surface area contributed by atoms with Crippen LogP contribution in [0.15, 0.2) is 30.5 Å². The van der Waals surface area contributed by atoms with Crippen LogP contribution < -0.4 is 5.73 Å². The maximum Gasteiger partial charge on any atom is 0.416 e. The largest absolute Gasteiger partial charge is 0.416 e. The van der Waals surface area contributed by atoms with E-state index in [1.807, 2.05) is 9.58 Å². The number of primary amides is 1. The Labute approximate surface area is 214 Å². The van der Waals surface area contributed by atoms with Crippen LogP contribution in [-0.2, 0) is 11.0 Å². The molecule has 3 fully saturated rings. The molecule has 2 amide bonds. The van der Waals surface area contributed by atoms with Crippen molar-refractivity contribution in [2.24, 2.45) is 5.73 Å². The third-order valence-electron chi connectivity index (χ3n) is 7.49. The van der Waals surface area contributed by atoms with Crippen LogP contribution in [-0.4, -0.2) is 64.1 Å². The molecular weight excluding hydrogens is 495 g/mol. The molecule has 1 aliphatic carbocycles. The minimum atomic E-state index is -4.42. The molecule has 7 nitrogen and oxygen atoms in total. The highest BCUT2D eigenvalue weighted by Crippen LogP contribution is 2.44. The number of piperidine rings is 1. The molecule has 2 saturated heterocycles. The number of carbonyl (C=O) groups is 2. The van der Waals surface area contributed by atoms with E-state index in [1.165, 1.54) is 12.1 Å². The van der Waals surface area contributed by atoms with Gasteiger partial charge in [-0.05, 0) is 43.7 Å². The lowest BCUT2D eigenvalue weighted by Gasteiger charge is -2.32. The summed E-state index contributed by atoms with van der Waals surface area (Å²) in [6.07, 6.45) is 1.39. The highest BCUT2D eigenvalue weighted by molar-refractivity contribution is 5.95. The van der Waals surface area contributed by atoms with Gasteiger partial charge in [0.2, 0.25) is 5.91 Å². The van der Waals surface area contributed by atoms with Crippen molar-refractivity contribution in [1.82, 2.24) is 19.6 Å². The summed E-state index contributed by atoms with van der Waals surface area (Å²) in [4.78, 5) is 28.5. The third kappa shape index (κ3) is 5.39. The number of carbonyl (C=O) groups excluding carboxylic acids is 2. The number of aromatic nitrogens is 2. The predicted molar refractivity (Wildman–Crippen MR) is 130 cm³/mol. The lowest BCUT2D eigenvalue weighted by atomic mass is 9.93. The molecule has 2 N–H and O–H groups in total. The van der Waals surface area contributed by atoms with Crippen molar-refractivity contribution in [3.05, 3.63) is 52.8 Å². The first kappa shape index (κ1) is 26.5. The van der Waals surface area contributed by atoms with Crippen LogP contribution in [0.4, 0.5) is 13.2 Å². The van der Waals surface area contributed by atoms with Gasteiger partial charge in [0.15, 0.2) is 0 Å². The topological polar surface area (TPSA) is 84.5 Å². The summed E-state index contributed by atoms with van der Waals surface area (Å²) in [5.41, 5.74) is 6.50. The van der Waals surface area contributed by atoms with Crippen molar-refractivity contribution in [2.75, 3.05) is 32.7 Å². The van der Waals surface area contributed by atoms with Gasteiger partial charge >= 0.3 is 6.18 Å². The first-order valence-electron chi connectivity index (χ1n) is 12.3. The molecule has 196 valence electrons. The van der Waals surface area contributed by atoms with E-state index in [9.17, 15) is 22.8 Å². The first-order valence-corrected chi connectivity index (χ1v) is 12.3. The van der Waals surface area contributed by atoms with Crippen molar-refractivity contribution < 1.29 is 22.8 Å². The zero-order valence-electron chi connectivity index (χ0n) is 19.9. The van der Waals surface area contributed by atoms with Gasteiger partial charge in [-0.1, -0.05) is 18.2 Å². The van der Waals surface area contributed by atoms with Crippen LogP contribution in [0.3, 0.4) is 0 Å². The number of benzene rings is 1. The van der Waals surface area contributed by atoms with Gasteiger partial charge in [0.25, 0.3) is 5.91 Å². The number of halogens is 4. The summed E-state index contributed by atoms with van der Waals surface area (Å²) < 4.78 is 42.6. The van der Waals surface area contributed by atoms with Gasteiger partial charge in [-0.15, -0.1) is 12.4 Å². The van der Waals surface area contributed by atoms with Gasteiger partial charge in [-0.25, -0.2) is 0 Å². The maximum atomic E-state index is 13.5. The van der Waals surface area contributed by atoms with E-state index in [0.29, 0.717) is 24.4 Å². The highest BCUT2D eigenvalue weighted by atomic mass is 35.5. The van der Waals surface area contributed by atoms with E-state index >= 15 is 0 Å². The lowest BCUT2D eigenvalue weighted by molar-refractivity contribution is -0.138. The molecule has 11 heteroatoms. The van der Waals surface area contributed by atoms with Crippen LogP contribution in [0.1, 0.15) is 77.2 Å². The van der Waals surface area contributed by atoms with Gasteiger partial charge in [-0.3, -0.25) is 19.2 Å². The molecule has 0 radical (unpaired) electrons. The second kappa shape index (κ2) is 10.4. The van der Waals surface area contributed by atoms with Crippen molar-refractivity contribution >= 4 is 24.2 Å². The number of likely N-dealkylation sites (tertiary alicyclic amines) is 2. The summed E-state index contributed by atoms with van der Waals surface area (Å²) in [5, 5.41) is 4.61. The number of hydrogen-bond acceptors (Lipinski definition) is 4. The minimum absolute atomic E-state index is 0. The fourth-order valence-corrected chi connectivity index (χ4v) is 5.61. The fourth-order valence-electron chi connectivity index (χ4n) is 5.61. The van der Waals surface area contributed by atoms with Gasteiger partial charge < -0.3 is 10.6 Å². The Hall–Kier alpha value is -2.59. The Morgan fingerprint density at radius 3 is 2.33 bits per heavy atom. The van der Waals surface area contributed by atoms with Gasteiger partial charge in [0, 0.05) is 38.0 Å². The quantitative estimate of drug-likeness (QED) is 0.619. The zero-order valence-corrected chi connectivity index (χ0v) is 20.7. The molecule has 2 aliphatic heterocycles. The molecule has 1 saturated carbocycles. The predicted octanol–water partition coefficient (Wildman–Crippen LogP) is 3.95. The summed E-state index contributed by atoms with van der Waals surface area (Å²) in [6.45, 7) is 2.43. The Kier molecular flexibility index (Phi) is 7.66. The Balaban J connectivity index is 0.00000304. The number of amides is 2. The van der Waals surface area contributed by atoms with Crippen molar-refractivity contribution in [3.63, 3.8) is 0 Å². The summed E-state index contributed by atoms with van der Waals surface area (Å²) in [5.74, 6) is -0.526. The van der Waals surface area contributed by atoms with Gasteiger partial charge in [0.05, 0.1) is 35.6 Å². The zero-order chi connectivity index (χ0) is 24.7. The molecule has 3 aliphatic rings. The van der Waals surface area contributed by atoms with Crippen LogP contribution in [0.25, 0.3) is 0 Å². The second-order valence-electron chi connectivity index (χ2n) is 9.96. The molecule has 1 aromatic carbocycles. The highest BCUT2D eigenvalue weighted by Gasteiger charge is 2.40. The smallest absolute Gasteiger partial charge is 0.369 e. The molecule has 1 atom stereocenters. The normalized spacial score (nSPS) is 21.4. The minimum Gasteiger partial charge on any atom is -0.369 e. The fraction of sp³-hybridized carbons (Fsp3) is 0.560. The standard InChI is InChI=1S/C25H30F3N5O2.ClH/c26-25(27,28)21-4-2-1-3-19(21)17-7-12-32(14-17)24(35)20-13-30-33(23(20)16-5-6-16)18-8-10-31(11-9-18)15-22(29)34;/h1-4,13,16-18H,5-12,14-15H2,(H2,29,34);1H/t17-;/m1./s1. The van der Waals surface area contributed by atoms with Crippen LogP contribution in [0, 0.1) is 0 Å². The van der Waals surface area contributed by atoms with Crippen LogP contribution in [0.2, 0.25) is 0 Å². The molecule has 1 aromatic heterocycles. The average molecular weight is 526 g/mol. The van der Waals surface area contributed by atoms with Gasteiger partial charge in [0.1, 0.15) is 0 Å². The van der Waals surface area contributed by atoms with Crippen molar-refractivity contribution in [2.45, 2.75) is 56.2 Å². The van der Waals surface area contributed by atoms with E-state index in [-0.39, 0.29) is 54.8 Å². The monoisotopic (exact) mass is 525 g/mol. The van der Waals surface area contributed by atoms with Crippen molar-refractivity contribution in [3.8, 4) is 0 Å². The SMILES string of the molecule is Cl.NC(=O)CN1CCC(n2ncc(C(=O)N3CC[C@@H](c4ccccc4C(F)(F)F)C3)c2C2CC2)CC1. The molecule has 0 bridgehead atoms. The van der Waals surface area contributed by atoms with Crippen LogP contribution in [0.5, 0.6) is 0 Å². The third-order valence-corrected chi connectivity index (χ3v) is 7.49. The average Bonchev–Trinajstić information content (AvgIpc) is 3.37. The second-order valence-corrected chi connectivity index (χ2v) is 9.96. The van der Waals surface area contributed by atoms with Crippen LogP contribution >= 0.6 is 12.4 Å². The Morgan fingerprint density at radius 1 is 1.00 bits per heavy atom. The van der Waals surface area contributed by atoms with Crippen molar-refractivity contribution in [1.29, 1.82) is 0 Å². The summed E-state index contributed by atoms with van der Waals surface area (Å²) >= 11 is 0. The molecule has 0 spiro atoms. The first-order chi connectivity index (χ1) is 16.7. The molecule has 0 unspecified atom stereocenters. The number of nitrogens with zero attached hydrogens (tertiary/aromatic N) is 4. The lowest BCUT2D eigenvalue weighted by Crippen LogP contribution is -2.40. The molecule has 3 heterocycles. The van der Waals surface area contributed by atoms with E-state index in [4.69, 9.17) is 5.73 Å². The summed E-state index contributed by atoms with van der Waals surface area (Å²) in [6, 6.07) is 5.82. The van der Waals surface area contributed by atoms with E-state index in [1.54, 1.807) is 17.2 Å². The van der Waals surface area contributed by atoms with E-state index in [0.717, 1.165) is 50.5 Å². The number of nitrogens with two attached hydrogens (primary N) is 1. The van der Waals surface area contributed by atoms with E-state index < -0.39 is 11.7 Å². The molecule has 5 rings (SSSR count). The van der Waals surface area contributed by atoms with E-state index in [2.05, 4.69) is 5.10 Å². The number of alkyl halides is 3. The molecular formula is C25H31ClF3N5O2. The maximum absolute atomic E-state index is 13.5. The van der Waals surface area contributed by atoms with Gasteiger partial charge in [-0.2, -0.15) is 18.3 Å². The number of rotatable bonds is 6. The number of hydrogen-bond donors (Lipinski definition) is 1. The Morgan fingerprint density at radius 2 is 1.69 bits per heavy atom. The molecule has 36 heavy (non-hydrogen) atoms. The Bertz CT molecular complexity index is 1110.